The van der Waals surface area contributed by atoms with E-state index in [0.717, 1.165) is 17.3 Å². The number of benzene rings is 1. The van der Waals surface area contributed by atoms with Crippen LogP contribution < -0.4 is 16.0 Å². The topological polar surface area (TPSA) is 123 Å². The summed E-state index contributed by atoms with van der Waals surface area (Å²) in [7, 11) is 0. The minimum atomic E-state index is -0.546. The average molecular weight is 466 g/mol. The second kappa shape index (κ2) is 8.45. The standard InChI is InChI=1S/C25H31N5O4/c1-25(2)16-13-30(21(20(16)25)24(34)27-10-8-14-7-9-26-22(14)32)19(31)12-28-23(33)18-11-15-5-3-4-6-17(15)29-18/h3-6,11,14,16,20-21,29H,7-10,12-13H2,1-2H3,(H,26,32)(H,27,34)(H,28,33)/t14-,16-,20-,21-/m0/s1. The van der Waals surface area contributed by atoms with Gasteiger partial charge in [0.2, 0.25) is 17.7 Å². The second-order valence-electron chi connectivity index (χ2n) is 10.3. The Morgan fingerprint density at radius 3 is 2.71 bits per heavy atom. The molecular weight excluding hydrogens is 434 g/mol. The van der Waals surface area contributed by atoms with E-state index >= 15 is 0 Å². The first-order valence-electron chi connectivity index (χ1n) is 12.0. The number of para-hydroxylation sites is 1. The molecule has 0 radical (unpaired) electrons. The molecule has 2 saturated heterocycles. The molecule has 0 unspecified atom stereocenters. The van der Waals surface area contributed by atoms with Crippen molar-refractivity contribution in [3.63, 3.8) is 0 Å². The summed E-state index contributed by atoms with van der Waals surface area (Å²) in [6, 6.07) is 8.79. The van der Waals surface area contributed by atoms with Gasteiger partial charge in [0.05, 0.1) is 6.54 Å². The van der Waals surface area contributed by atoms with Gasteiger partial charge in [-0.15, -0.1) is 0 Å². The molecule has 1 aromatic carbocycles. The Kier molecular flexibility index (Phi) is 5.58. The molecule has 2 aromatic rings. The van der Waals surface area contributed by atoms with Crippen LogP contribution in [0.5, 0.6) is 0 Å². The quantitative estimate of drug-likeness (QED) is 0.488. The number of likely N-dealkylation sites (tertiary alicyclic amines) is 1. The molecule has 9 nitrogen and oxygen atoms in total. The fourth-order valence-electron chi connectivity index (χ4n) is 5.79. The summed E-state index contributed by atoms with van der Waals surface area (Å²) in [6.07, 6.45) is 1.38. The number of nitrogens with one attached hydrogen (secondary N) is 4. The second-order valence-corrected chi connectivity index (χ2v) is 10.3. The summed E-state index contributed by atoms with van der Waals surface area (Å²) < 4.78 is 0. The van der Waals surface area contributed by atoms with Crippen molar-refractivity contribution in [2.45, 2.75) is 32.7 Å². The number of H-pyrrole nitrogens is 1. The Balaban J connectivity index is 1.19. The zero-order valence-corrected chi connectivity index (χ0v) is 19.5. The minimum absolute atomic E-state index is 0.0116. The molecule has 4 amide bonds. The normalized spacial score (nSPS) is 26.8. The molecule has 3 aliphatic rings. The van der Waals surface area contributed by atoms with Gasteiger partial charge in [0.1, 0.15) is 11.7 Å². The fraction of sp³-hybridized carbons (Fsp3) is 0.520. The first-order chi connectivity index (χ1) is 16.3. The van der Waals surface area contributed by atoms with Crippen molar-refractivity contribution in [2.24, 2.45) is 23.2 Å². The molecule has 1 aliphatic carbocycles. The predicted molar refractivity (Wildman–Crippen MR) is 126 cm³/mol. The molecule has 2 aliphatic heterocycles. The lowest BCUT2D eigenvalue weighted by Gasteiger charge is -2.30. The zero-order chi connectivity index (χ0) is 24.0. The van der Waals surface area contributed by atoms with Crippen LogP contribution in [-0.4, -0.2) is 65.7 Å². The number of hydrogen-bond acceptors (Lipinski definition) is 4. The van der Waals surface area contributed by atoms with E-state index in [-0.39, 0.29) is 53.3 Å². The van der Waals surface area contributed by atoms with Crippen LogP contribution in [0, 0.1) is 23.2 Å². The lowest BCUT2D eigenvalue weighted by molar-refractivity contribution is -0.139. The number of amides is 4. The summed E-state index contributed by atoms with van der Waals surface area (Å²) in [6.45, 7) is 5.70. The van der Waals surface area contributed by atoms with E-state index in [4.69, 9.17) is 0 Å². The van der Waals surface area contributed by atoms with Crippen LogP contribution in [0.4, 0.5) is 0 Å². The predicted octanol–water partition coefficient (Wildman–Crippen LogP) is 1.02. The number of carbonyl (C=O) groups excluding carboxylic acids is 4. The number of carbonyl (C=O) groups is 4. The summed E-state index contributed by atoms with van der Waals surface area (Å²) in [5.74, 6) is -0.430. The number of piperidine rings is 1. The Hall–Kier alpha value is -3.36. The molecular formula is C25H31N5O4. The van der Waals surface area contributed by atoms with Gasteiger partial charge in [-0.2, -0.15) is 0 Å². The van der Waals surface area contributed by atoms with Crippen molar-refractivity contribution >= 4 is 34.5 Å². The highest BCUT2D eigenvalue weighted by atomic mass is 16.2. The lowest BCUT2D eigenvalue weighted by atomic mass is 10.00. The van der Waals surface area contributed by atoms with E-state index in [1.807, 2.05) is 24.3 Å². The Morgan fingerprint density at radius 1 is 1.18 bits per heavy atom. The SMILES string of the molecule is CC1(C)[C@@H]2[C@@H](C(=O)NCC[C@@H]3CCNC3=O)N(C(=O)CNC(=O)c3cc4ccccc4[nH]3)C[C@@H]21. The number of aromatic nitrogens is 1. The number of nitrogens with zero attached hydrogens (tertiary/aromatic N) is 1. The fourth-order valence-corrected chi connectivity index (χ4v) is 5.79. The van der Waals surface area contributed by atoms with E-state index in [1.165, 1.54) is 0 Å². The molecule has 5 rings (SSSR count). The van der Waals surface area contributed by atoms with Gasteiger partial charge in [0.25, 0.3) is 5.91 Å². The van der Waals surface area contributed by atoms with E-state index in [9.17, 15) is 19.2 Å². The van der Waals surface area contributed by atoms with Gasteiger partial charge >= 0.3 is 0 Å². The van der Waals surface area contributed by atoms with Gasteiger partial charge in [-0.25, -0.2) is 0 Å². The van der Waals surface area contributed by atoms with Gasteiger partial charge < -0.3 is 25.8 Å². The first kappa shape index (κ1) is 22.4. The summed E-state index contributed by atoms with van der Waals surface area (Å²) >= 11 is 0. The average Bonchev–Trinajstić information content (AvgIpc) is 3.32. The third-order valence-electron chi connectivity index (χ3n) is 7.93. The van der Waals surface area contributed by atoms with Gasteiger partial charge in [0, 0.05) is 36.5 Å². The van der Waals surface area contributed by atoms with Gasteiger partial charge in [-0.05, 0) is 42.2 Å². The summed E-state index contributed by atoms with van der Waals surface area (Å²) in [4.78, 5) is 55.2. The number of rotatable bonds is 7. The molecule has 0 bridgehead atoms. The lowest BCUT2D eigenvalue weighted by Crippen LogP contribution is -2.52. The molecule has 4 atom stereocenters. The maximum atomic E-state index is 13.1. The van der Waals surface area contributed by atoms with E-state index in [1.54, 1.807) is 11.0 Å². The van der Waals surface area contributed by atoms with Gasteiger partial charge in [-0.1, -0.05) is 32.0 Å². The molecule has 34 heavy (non-hydrogen) atoms. The minimum Gasteiger partial charge on any atom is -0.356 e. The summed E-state index contributed by atoms with van der Waals surface area (Å²) in [5, 5.41) is 9.38. The number of fused-ring (bicyclic) bond motifs is 2. The van der Waals surface area contributed by atoms with E-state index in [2.05, 4.69) is 34.8 Å². The van der Waals surface area contributed by atoms with Gasteiger partial charge in [0.15, 0.2) is 0 Å². The molecule has 4 N–H and O–H groups in total. The third kappa shape index (κ3) is 3.93. The number of hydrogen-bond donors (Lipinski definition) is 4. The smallest absolute Gasteiger partial charge is 0.268 e. The molecule has 180 valence electrons. The van der Waals surface area contributed by atoms with Crippen molar-refractivity contribution in [1.29, 1.82) is 0 Å². The molecule has 0 spiro atoms. The zero-order valence-electron chi connectivity index (χ0n) is 19.5. The van der Waals surface area contributed by atoms with Crippen molar-refractivity contribution in [1.82, 2.24) is 25.8 Å². The van der Waals surface area contributed by atoms with Crippen LogP contribution in [0.25, 0.3) is 10.9 Å². The van der Waals surface area contributed by atoms with E-state index in [0.29, 0.717) is 31.7 Å². The van der Waals surface area contributed by atoms with E-state index < -0.39 is 6.04 Å². The highest BCUT2D eigenvalue weighted by molar-refractivity contribution is 6.00. The maximum absolute atomic E-state index is 13.1. The maximum Gasteiger partial charge on any atom is 0.268 e. The Morgan fingerprint density at radius 2 is 1.97 bits per heavy atom. The van der Waals surface area contributed by atoms with Crippen molar-refractivity contribution < 1.29 is 19.2 Å². The van der Waals surface area contributed by atoms with Crippen LogP contribution in [0.3, 0.4) is 0 Å². The van der Waals surface area contributed by atoms with Crippen molar-refractivity contribution in [3.05, 3.63) is 36.0 Å². The van der Waals surface area contributed by atoms with Crippen molar-refractivity contribution in [3.8, 4) is 0 Å². The molecule has 1 saturated carbocycles. The van der Waals surface area contributed by atoms with Crippen LogP contribution in [0.15, 0.2) is 30.3 Å². The first-order valence-corrected chi connectivity index (χ1v) is 12.0. The van der Waals surface area contributed by atoms with Crippen LogP contribution >= 0.6 is 0 Å². The van der Waals surface area contributed by atoms with Crippen LogP contribution in [0.1, 0.15) is 37.2 Å². The van der Waals surface area contributed by atoms with Gasteiger partial charge in [-0.3, -0.25) is 19.2 Å². The third-order valence-corrected chi connectivity index (χ3v) is 7.93. The largest absolute Gasteiger partial charge is 0.356 e. The number of aromatic amines is 1. The van der Waals surface area contributed by atoms with Crippen LogP contribution in [-0.2, 0) is 14.4 Å². The Labute approximate surface area is 198 Å². The van der Waals surface area contributed by atoms with Crippen molar-refractivity contribution in [2.75, 3.05) is 26.2 Å². The van der Waals surface area contributed by atoms with Crippen LogP contribution in [0.2, 0.25) is 0 Å². The highest BCUT2D eigenvalue weighted by Gasteiger charge is 2.69. The molecule has 9 heteroatoms. The molecule has 3 heterocycles. The monoisotopic (exact) mass is 465 g/mol. The summed E-state index contributed by atoms with van der Waals surface area (Å²) in [5.41, 5.74) is 1.26. The molecule has 1 aromatic heterocycles. The Bertz CT molecular complexity index is 1120. The highest BCUT2D eigenvalue weighted by Crippen LogP contribution is 2.64. The molecule has 3 fully saturated rings.